The highest BCUT2D eigenvalue weighted by Crippen LogP contribution is 2.25. The van der Waals surface area contributed by atoms with Crippen molar-refractivity contribution in [3.63, 3.8) is 0 Å². The third-order valence-electron chi connectivity index (χ3n) is 2.76. The van der Waals surface area contributed by atoms with E-state index >= 15 is 0 Å². The first-order chi connectivity index (χ1) is 7.36. The van der Waals surface area contributed by atoms with Gasteiger partial charge in [0.05, 0.1) is 5.39 Å². The molecule has 0 spiro atoms. The Labute approximate surface area is 86.9 Å². The first-order valence-corrected chi connectivity index (χ1v) is 4.94. The van der Waals surface area contributed by atoms with Crippen molar-refractivity contribution in [1.82, 2.24) is 4.98 Å². The predicted octanol–water partition coefficient (Wildman–Crippen LogP) is 2.16. The van der Waals surface area contributed by atoms with Crippen molar-refractivity contribution in [3.8, 4) is 0 Å². The molecule has 15 heavy (non-hydrogen) atoms. The van der Waals surface area contributed by atoms with Crippen LogP contribution in [0.15, 0.2) is 41.3 Å². The van der Waals surface area contributed by atoms with E-state index in [0.29, 0.717) is 0 Å². The lowest BCUT2D eigenvalue weighted by Gasteiger charge is -2.00. The molecule has 0 amide bonds. The summed E-state index contributed by atoms with van der Waals surface area (Å²) in [5, 5.41) is 1.70. The summed E-state index contributed by atoms with van der Waals surface area (Å²) in [6.45, 7) is 0. The fourth-order valence-electron chi connectivity index (χ4n) is 2.05. The van der Waals surface area contributed by atoms with Gasteiger partial charge in [-0.2, -0.15) is 0 Å². The van der Waals surface area contributed by atoms with Crippen molar-refractivity contribution in [1.29, 1.82) is 0 Å². The third kappa shape index (κ3) is 1.18. The van der Waals surface area contributed by atoms with E-state index in [2.05, 4.69) is 17.1 Å². The largest absolute Gasteiger partial charge is 0.278 e. The van der Waals surface area contributed by atoms with Gasteiger partial charge in [0.25, 0.3) is 5.56 Å². The molecule has 2 heteroatoms. The van der Waals surface area contributed by atoms with Gasteiger partial charge in [0.2, 0.25) is 0 Å². The van der Waals surface area contributed by atoms with E-state index in [-0.39, 0.29) is 5.56 Å². The van der Waals surface area contributed by atoms with E-state index in [1.807, 2.05) is 18.2 Å². The van der Waals surface area contributed by atoms with Crippen molar-refractivity contribution in [3.05, 3.63) is 58.0 Å². The highest BCUT2D eigenvalue weighted by atomic mass is 16.1. The summed E-state index contributed by atoms with van der Waals surface area (Å²) in [7, 11) is 0. The molecular weight excluding hydrogens is 186 g/mol. The molecule has 0 saturated heterocycles. The number of allylic oxidation sites excluding steroid dienone is 1. The Balaban J connectivity index is 2.61. The van der Waals surface area contributed by atoms with E-state index in [1.165, 1.54) is 5.56 Å². The van der Waals surface area contributed by atoms with Crippen molar-refractivity contribution in [2.75, 3.05) is 0 Å². The van der Waals surface area contributed by atoms with Gasteiger partial charge in [-0.15, -0.1) is 0 Å². The summed E-state index contributed by atoms with van der Waals surface area (Å²) >= 11 is 0. The smallest absolute Gasteiger partial charge is 0.267 e. The SMILES string of the molecule is O=c1ncccc2ccc3c(c12)C=CC3. The summed E-state index contributed by atoms with van der Waals surface area (Å²) in [6, 6.07) is 7.80. The number of fused-ring (bicyclic) bond motifs is 3. The third-order valence-corrected chi connectivity index (χ3v) is 2.76. The normalized spacial score (nSPS) is 13.1. The van der Waals surface area contributed by atoms with Gasteiger partial charge in [0.15, 0.2) is 0 Å². The minimum Gasteiger partial charge on any atom is -0.267 e. The molecule has 1 heterocycles. The van der Waals surface area contributed by atoms with Crippen LogP contribution >= 0.6 is 0 Å². The Morgan fingerprint density at radius 3 is 3.07 bits per heavy atom. The van der Waals surface area contributed by atoms with Crippen LogP contribution in [-0.2, 0) is 6.42 Å². The van der Waals surface area contributed by atoms with Gasteiger partial charge < -0.3 is 0 Å². The van der Waals surface area contributed by atoms with Crippen LogP contribution in [0.5, 0.6) is 0 Å². The summed E-state index contributed by atoms with van der Waals surface area (Å²) in [4.78, 5) is 15.7. The van der Waals surface area contributed by atoms with E-state index in [1.54, 1.807) is 12.3 Å². The van der Waals surface area contributed by atoms with Crippen LogP contribution in [0, 0.1) is 0 Å². The van der Waals surface area contributed by atoms with E-state index in [0.717, 1.165) is 22.8 Å². The maximum absolute atomic E-state index is 11.8. The first kappa shape index (κ1) is 8.36. The maximum atomic E-state index is 11.8. The van der Waals surface area contributed by atoms with Gasteiger partial charge in [-0.25, -0.2) is 4.98 Å². The van der Waals surface area contributed by atoms with E-state index in [4.69, 9.17) is 0 Å². The molecule has 3 rings (SSSR count). The van der Waals surface area contributed by atoms with Gasteiger partial charge in [-0.1, -0.05) is 30.4 Å². The summed E-state index contributed by atoms with van der Waals surface area (Å²) in [5.41, 5.74) is 2.12. The lowest BCUT2D eigenvalue weighted by Crippen LogP contribution is -2.03. The molecule has 2 nitrogen and oxygen atoms in total. The van der Waals surface area contributed by atoms with Crippen LogP contribution in [0.3, 0.4) is 0 Å². The summed E-state index contributed by atoms with van der Waals surface area (Å²) in [6.07, 6.45) is 6.56. The molecule has 1 aromatic carbocycles. The van der Waals surface area contributed by atoms with Crippen LogP contribution in [-0.4, -0.2) is 4.98 Å². The molecular formula is C13H9NO. The second kappa shape index (κ2) is 3.02. The highest BCUT2D eigenvalue weighted by molar-refractivity contribution is 5.92. The highest BCUT2D eigenvalue weighted by Gasteiger charge is 2.10. The van der Waals surface area contributed by atoms with Crippen LogP contribution < -0.4 is 5.56 Å². The molecule has 1 aromatic heterocycles. The standard InChI is InChI=1S/C13H9NO/c15-13-12-10(4-2-8-14-13)7-6-9-3-1-5-11(9)12/h1-2,4-8H,3H2. The Hall–Kier alpha value is -1.96. The van der Waals surface area contributed by atoms with Gasteiger partial charge in [-0.3, -0.25) is 4.79 Å². The molecule has 0 fully saturated rings. The van der Waals surface area contributed by atoms with Gasteiger partial charge in [0.1, 0.15) is 0 Å². The quantitative estimate of drug-likeness (QED) is 0.644. The van der Waals surface area contributed by atoms with Gasteiger partial charge in [-0.05, 0) is 29.0 Å². The van der Waals surface area contributed by atoms with Crippen molar-refractivity contribution < 1.29 is 0 Å². The van der Waals surface area contributed by atoms with Crippen LogP contribution in [0.4, 0.5) is 0 Å². The topological polar surface area (TPSA) is 30.0 Å². The Morgan fingerprint density at radius 1 is 1.20 bits per heavy atom. The lowest BCUT2D eigenvalue weighted by molar-refractivity contribution is 1.28. The lowest BCUT2D eigenvalue weighted by atomic mass is 10.0. The van der Waals surface area contributed by atoms with Gasteiger partial charge in [0, 0.05) is 6.20 Å². The molecule has 0 radical (unpaired) electrons. The van der Waals surface area contributed by atoms with Crippen LogP contribution in [0.1, 0.15) is 11.1 Å². The molecule has 1 aliphatic carbocycles. The minimum atomic E-state index is -0.140. The average Bonchev–Trinajstić information content (AvgIpc) is 2.63. The zero-order valence-electron chi connectivity index (χ0n) is 8.10. The zero-order chi connectivity index (χ0) is 10.3. The summed E-state index contributed by atoms with van der Waals surface area (Å²) in [5.74, 6) is 0. The first-order valence-electron chi connectivity index (χ1n) is 4.94. The van der Waals surface area contributed by atoms with Crippen molar-refractivity contribution >= 4 is 16.8 Å². The number of nitrogens with zero attached hydrogens (tertiary/aromatic N) is 1. The van der Waals surface area contributed by atoms with E-state index in [9.17, 15) is 4.79 Å². The van der Waals surface area contributed by atoms with Crippen LogP contribution in [0.2, 0.25) is 0 Å². The average molecular weight is 195 g/mol. The number of hydrogen-bond donors (Lipinski definition) is 0. The second-order valence-corrected chi connectivity index (χ2v) is 3.65. The molecule has 0 atom stereocenters. The molecule has 72 valence electrons. The zero-order valence-corrected chi connectivity index (χ0v) is 8.10. The molecule has 0 bridgehead atoms. The van der Waals surface area contributed by atoms with Crippen molar-refractivity contribution in [2.24, 2.45) is 0 Å². The predicted molar refractivity (Wildman–Crippen MR) is 60.8 cm³/mol. The molecule has 0 unspecified atom stereocenters. The molecule has 1 aliphatic rings. The second-order valence-electron chi connectivity index (χ2n) is 3.65. The Kier molecular flexibility index (Phi) is 1.68. The number of aromatic nitrogens is 1. The monoisotopic (exact) mass is 195 g/mol. The summed E-state index contributed by atoms with van der Waals surface area (Å²) < 4.78 is 0. The Morgan fingerprint density at radius 2 is 2.13 bits per heavy atom. The molecule has 0 N–H and O–H groups in total. The van der Waals surface area contributed by atoms with Crippen LogP contribution in [0.25, 0.3) is 16.8 Å². The number of benzene rings is 1. The molecule has 0 aliphatic heterocycles. The van der Waals surface area contributed by atoms with E-state index < -0.39 is 0 Å². The van der Waals surface area contributed by atoms with Gasteiger partial charge >= 0.3 is 0 Å². The fourth-order valence-corrected chi connectivity index (χ4v) is 2.05. The minimum absolute atomic E-state index is 0.140. The number of rotatable bonds is 0. The molecule has 0 saturated carbocycles. The fraction of sp³-hybridized carbons (Fsp3) is 0.0769. The van der Waals surface area contributed by atoms with Crippen molar-refractivity contribution in [2.45, 2.75) is 6.42 Å². The number of hydrogen-bond acceptors (Lipinski definition) is 2. The maximum Gasteiger partial charge on any atom is 0.278 e. The molecule has 2 aromatic rings. The Bertz CT molecular complexity index is 629.